The highest BCUT2D eigenvalue weighted by Crippen LogP contribution is 2.16. The van der Waals surface area contributed by atoms with Gasteiger partial charge >= 0.3 is 0 Å². The van der Waals surface area contributed by atoms with Crippen molar-refractivity contribution in [2.24, 2.45) is 0 Å². The molecule has 3 aromatic carbocycles. The first-order valence-electron chi connectivity index (χ1n) is 8.00. The zero-order valence-electron chi connectivity index (χ0n) is 13.8. The number of rotatable bonds is 6. The number of hydrogen-bond acceptors (Lipinski definition) is 3. The van der Waals surface area contributed by atoms with Crippen molar-refractivity contribution in [3.8, 4) is 5.75 Å². The summed E-state index contributed by atoms with van der Waals surface area (Å²) in [4.78, 5) is 24.2. The van der Waals surface area contributed by atoms with Crippen LogP contribution in [-0.4, -0.2) is 18.3 Å². The van der Waals surface area contributed by atoms with E-state index in [1.165, 1.54) is 24.3 Å². The minimum atomic E-state index is -0.390. The lowest BCUT2D eigenvalue weighted by molar-refractivity contribution is -0.118. The Labute approximate surface area is 150 Å². The number of amides is 1. The van der Waals surface area contributed by atoms with Gasteiger partial charge in [-0.3, -0.25) is 9.59 Å². The summed E-state index contributed by atoms with van der Waals surface area (Å²) in [6, 6.07) is 20.9. The quantitative estimate of drug-likeness (QED) is 0.683. The Morgan fingerprint density at radius 2 is 1.38 bits per heavy atom. The molecule has 0 radical (unpaired) electrons. The summed E-state index contributed by atoms with van der Waals surface area (Å²) >= 11 is 0. The Hall–Kier alpha value is -3.47. The van der Waals surface area contributed by atoms with Gasteiger partial charge in [-0.1, -0.05) is 18.2 Å². The van der Waals surface area contributed by atoms with E-state index < -0.39 is 0 Å². The number of halogens is 1. The zero-order chi connectivity index (χ0) is 18.4. The predicted molar refractivity (Wildman–Crippen MR) is 96.8 cm³/mol. The lowest BCUT2D eigenvalue weighted by Gasteiger charge is -2.08. The Balaban J connectivity index is 1.56. The Kier molecular flexibility index (Phi) is 5.39. The maximum Gasteiger partial charge on any atom is 0.262 e. The van der Waals surface area contributed by atoms with Crippen LogP contribution in [0, 0.1) is 5.82 Å². The summed E-state index contributed by atoms with van der Waals surface area (Å²) in [7, 11) is 0. The molecular weight excluding hydrogens is 333 g/mol. The number of carbonyl (C=O) groups is 2. The largest absolute Gasteiger partial charge is 0.484 e. The lowest BCUT2D eigenvalue weighted by atomic mass is 10.0. The summed E-state index contributed by atoms with van der Waals surface area (Å²) in [5.74, 6) is -0.399. The molecule has 3 aromatic rings. The fraction of sp³-hybridized carbons (Fsp3) is 0.0476. The van der Waals surface area contributed by atoms with Crippen LogP contribution >= 0.6 is 0 Å². The second-order valence-electron chi connectivity index (χ2n) is 5.56. The van der Waals surface area contributed by atoms with E-state index in [1.54, 1.807) is 36.4 Å². The molecule has 1 amide bonds. The van der Waals surface area contributed by atoms with Crippen molar-refractivity contribution in [2.75, 3.05) is 11.9 Å². The molecule has 0 unspecified atom stereocenters. The van der Waals surface area contributed by atoms with E-state index in [2.05, 4.69) is 5.32 Å². The second kappa shape index (κ2) is 8.07. The highest BCUT2D eigenvalue weighted by molar-refractivity contribution is 6.09. The van der Waals surface area contributed by atoms with Gasteiger partial charge in [-0.2, -0.15) is 0 Å². The van der Waals surface area contributed by atoms with Gasteiger partial charge in [-0.25, -0.2) is 4.39 Å². The summed E-state index contributed by atoms with van der Waals surface area (Å²) in [6.45, 7) is -0.139. The molecule has 0 heterocycles. The number of ketones is 1. The van der Waals surface area contributed by atoms with Crippen LogP contribution in [0.2, 0.25) is 0 Å². The maximum atomic E-state index is 12.9. The number of nitrogens with one attached hydrogen (secondary N) is 1. The van der Waals surface area contributed by atoms with E-state index in [-0.39, 0.29) is 24.1 Å². The van der Waals surface area contributed by atoms with E-state index in [0.29, 0.717) is 22.6 Å². The van der Waals surface area contributed by atoms with Crippen LogP contribution in [0.5, 0.6) is 5.75 Å². The van der Waals surface area contributed by atoms with Crippen molar-refractivity contribution < 1.29 is 18.7 Å². The molecule has 0 saturated carbocycles. The predicted octanol–water partition coefficient (Wildman–Crippen LogP) is 4.07. The number of hydrogen-bond donors (Lipinski definition) is 1. The molecule has 3 rings (SSSR count). The van der Waals surface area contributed by atoms with Gasteiger partial charge in [0, 0.05) is 16.8 Å². The number of benzene rings is 3. The molecule has 5 heteroatoms. The van der Waals surface area contributed by atoms with Crippen molar-refractivity contribution in [3.05, 3.63) is 95.8 Å². The Morgan fingerprint density at radius 1 is 0.808 bits per heavy atom. The fourth-order valence-electron chi connectivity index (χ4n) is 2.34. The van der Waals surface area contributed by atoms with Gasteiger partial charge in [0.1, 0.15) is 11.6 Å². The molecule has 26 heavy (non-hydrogen) atoms. The van der Waals surface area contributed by atoms with Crippen molar-refractivity contribution in [3.63, 3.8) is 0 Å². The normalized spacial score (nSPS) is 10.2. The van der Waals surface area contributed by atoms with Crippen LogP contribution in [-0.2, 0) is 4.79 Å². The monoisotopic (exact) mass is 349 g/mol. The summed E-state index contributed by atoms with van der Waals surface area (Å²) in [6.07, 6.45) is 0. The smallest absolute Gasteiger partial charge is 0.262 e. The van der Waals surface area contributed by atoms with E-state index in [1.807, 2.05) is 18.2 Å². The average molecular weight is 349 g/mol. The third-order valence-electron chi connectivity index (χ3n) is 3.65. The number of ether oxygens (including phenoxy) is 1. The lowest BCUT2D eigenvalue weighted by Crippen LogP contribution is -2.20. The van der Waals surface area contributed by atoms with Crippen LogP contribution in [0.1, 0.15) is 15.9 Å². The van der Waals surface area contributed by atoms with Crippen LogP contribution in [0.15, 0.2) is 78.9 Å². The summed E-state index contributed by atoms with van der Waals surface area (Å²) in [5.41, 5.74) is 1.56. The van der Waals surface area contributed by atoms with Crippen molar-refractivity contribution in [1.29, 1.82) is 0 Å². The van der Waals surface area contributed by atoms with Crippen molar-refractivity contribution in [2.45, 2.75) is 0 Å². The van der Waals surface area contributed by atoms with Gasteiger partial charge < -0.3 is 10.1 Å². The Morgan fingerprint density at radius 3 is 2.00 bits per heavy atom. The zero-order valence-corrected chi connectivity index (χ0v) is 13.8. The van der Waals surface area contributed by atoms with Crippen molar-refractivity contribution >= 4 is 17.4 Å². The first-order chi connectivity index (χ1) is 12.6. The van der Waals surface area contributed by atoms with E-state index >= 15 is 0 Å². The highest BCUT2D eigenvalue weighted by Gasteiger charge is 2.10. The molecule has 0 aromatic heterocycles. The standard InChI is InChI=1S/C21H16FNO3/c22-17-10-6-15(7-11-17)21(25)16-8-12-19(13-9-16)26-14-20(24)23-18-4-2-1-3-5-18/h1-13H,14H2,(H,23,24). The van der Waals surface area contributed by atoms with E-state index in [4.69, 9.17) is 4.74 Å². The number of carbonyl (C=O) groups excluding carboxylic acids is 2. The molecule has 4 nitrogen and oxygen atoms in total. The molecule has 0 bridgehead atoms. The molecule has 0 fully saturated rings. The number of para-hydroxylation sites is 1. The minimum Gasteiger partial charge on any atom is -0.484 e. The SMILES string of the molecule is O=C(COc1ccc(C(=O)c2ccc(F)cc2)cc1)Nc1ccccc1. The van der Waals surface area contributed by atoms with Gasteiger partial charge in [-0.05, 0) is 60.7 Å². The van der Waals surface area contributed by atoms with Crippen molar-refractivity contribution in [1.82, 2.24) is 0 Å². The van der Waals surface area contributed by atoms with E-state index in [9.17, 15) is 14.0 Å². The van der Waals surface area contributed by atoms with Gasteiger partial charge in [0.05, 0.1) is 0 Å². The molecule has 1 N–H and O–H groups in total. The topological polar surface area (TPSA) is 55.4 Å². The molecule has 0 aliphatic carbocycles. The first-order valence-corrected chi connectivity index (χ1v) is 8.00. The minimum absolute atomic E-state index is 0.139. The van der Waals surface area contributed by atoms with Gasteiger partial charge in [-0.15, -0.1) is 0 Å². The van der Waals surface area contributed by atoms with Gasteiger partial charge in [0.25, 0.3) is 5.91 Å². The van der Waals surface area contributed by atoms with Crippen LogP contribution in [0.25, 0.3) is 0 Å². The second-order valence-corrected chi connectivity index (χ2v) is 5.56. The molecule has 0 spiro atoms. The maximum absolute atomic E-state index is 12.9. The van der Waals surface area contributed by atoms with Crippen LogP contribution < -0.4 is 10.1 Å². The number of anilines is 1. The summed E-state index contributed by atoms with van der Waals surface area (Å²) < 4.78 is 18.4. The average Bonchev–Trinajstić information content (AvgIpc) is 2.68. The molecule has 0 saturated heterocycles. The third kappa shape index (κ3) is 4.54. The van der Waals surface area contributed by atoms with Gasteiger partial charge in [0.2, 0.25) is 0 Å². The summed E-state index contributed by atoms with van der Waals surface area (Å²) in [5, 5.41) is 2.72. The third-order valence-corrected chi connectivity index (χ3v) is 3.65. The highest BCUT2D eigenvalue weighted by atomic mass is 19.1. The van der Waals surface area contributed by atoms with Gasteiger partial charge in [0.15, 0.2) is 12.4 Å². The molecule has 0 atom stereocenters. The molecule has 130 valence electrons. The molecular formula is C21H16FNO3. The van der Waals surface area contributed by atoms with E-state index in [0.717, 1.165) is 0 Å². The van der Waals surface area contributed by atoms with Crippen LogP contribution in [0.3, 0.4) is 0 Å². The Bertz CT molecular complexity index is 891. The molecule has 0 aliphatic rings. The van der Waals surface area contributed by atoms with Crippen LogP contribution in [0.4, 0.5) is 10.1 Å². The fourth-order valence-corrected chi connectivity index (χ4v) is 2.34. The molecule has 0 aliphatic heterocycles. The first kappa shape index (κ1) is 17.4.